The number of hydrogen-bond donors (Lipinski definition) is 2. The van der Waals surface area contributed by atoms with Gasteiger partial charge in [-0.05, 0) is 18.6 Å². The molecule has 0 fully saturated rings. The second kappa shape index (κ2) is 10.3. The average Bonchev–Trinajstić information content (AvgIpc) is 2.48. The van der Waals surface area contributed by atoms with Gasteiger partial charge >= 0.3 is 0 Å². The van der Waals surface area contributed by atoms with Crippen molar-refractivity contribution in [2.75, 3.05) is 11.5 Å². The van der Waals surface area contributed by atoms with Crippen LogP contribution in [0.2, 0.25) is 0 Å². The van der Waals surface area contributed by atoms with Gasteiger partial charge in [-0.15, -0.1) is 0 Å². The van der Waals surface area contributed by atoms with Crippen molar-refractivity contribution in [3.63, 3.8) is 0 Å². The van der Waals surface area contributed by atoms with Crippen LogP contribution in [0.1, 0.15) is 81.5 Å². The number of nitrogen functional groups attached to an aromatic ring is 2. The van der Waals surface area contributed by atoms with Crippen LogP contribution >= 0.6 is 0 Å². The monoisotopic (exact) mass is 290 g/mol. The molecule has 0 unspecified atom stereocenters. The van der Waals surface area contributed by atoms with Crippen LogP contribution in [-0.4, -0.2) is 5.78 Å². The molecule has 3 nitrogen and oxygen atoms in total. The SMILES string of the molecule is CCCCCCCCCCCC(=O)c1cccc(N)c1N. The average molecular weight is 290 g/mol. The minimum absolute atomic E-state index is 0.114. The number of unbranched alkanes of at least 4 members (excludes halogenated alkanes) is 8. The number of anilines is 2. The number of hydrogen-bond acceptors (Lipinski definition) is 3. The lowest BCUT2D eigenvalue weighted by Gasteiger charge is -2.07. The zero-order chi connectivity index (χ0) is 15.5. The molecule has 1 aromatic carbocycles. The van der Waals surface area contributed by atoms with Gasteiger partial charge in [-0.1, -0.05) is 64.4 Å². The lowest BCUT2D eigenvalue weighted by molar-refractivity contribution is 0.0980. The van der Waals surface area contributed by atoms with Gasteiger partial charge in [0.1, 0.15) is 0 Å². The Kier molecular flexibility index (Phi) is 8.56. The predicted molar refractivity (Wildman–Crippen MR) is 91.4 cm³/mol. The van der Waals surface area contributed by atoms with E-state index in [1.807, 2.05) is 0 Å². The highest BCUT2D eigenvalue weighted by Gasteiger charge is 2.10. The Balaban J connectivity index is 2.13. The van der Waals surface area contributed by atoms with Crippen LogP contribution in [0.3, 0.4) is 0 Å². The molecule has 21 heavy (non-hydrogen) atoms. The first-order chi connectivity index (χ1) is 10.2. The molecule has 0 radical (unpaired) electrons. The molecule has 0 bridgehead atoms. The van der Waals surface area contributed by atoms with Crippen LogP contribution in [0.25, 0.3) is 0 Å². The lowest BCUT2D eigenvalue weighted by Crippen LogP contribution is -2.06. The molecule has 0 aliphatic rings. The van der Waals surface area contributed by atoms with E-state index < -0.39 is 0 Å². The molecule has 118 valence electrons. The molecular weight excluding hydrogens is 260 g/mol. The van der Waals surface area contributed by atoms with Crippen molar-refractivity contribution in [3.8, 4) is 0 Å². The summed E-state index contributed by atoms with van der Waals surface area (Å²) in [6.45, 7) is 2.24. The first-order valence-electron chi connectivity index (χ1n) is 8.34. The van der Waals surface area contributed by atoms with Gasteiger partial charge in [0.05, 0.1) is 11.4 Å². The quantitative estimate of drug-likeness (QED) is 0.344. The lowest BCUT2D eigenvalue weighted by atomic mass is 10.0. The molecule has 4 N–H and O–H groups in total. The Labute approximate surface area is 129 Å². The fourth-order valence-electron chi connectivity index (χ4n) is 2.56. The van der Waals surface area contributed by atoms with Crippen molar-refractivity contribution in [2.24, 2.45) is 0 Å². The summed E-state index contributed by atoms with van der Waals surface area (Å²) in [6, 6.07) is 5.28. The largest absolute Gasteiger partial charge is 0.397 e. The maximum absolute atomic E-state index is 12.1. The number of carbonyl (C=O) groups excluding carboxylic acids is 1. The molecule has 0 amide bonds. The van der Waals surface area contributed by atoms with Crippen LogP contribution in [0, 0.1) is 0 Å². The van der Waals surface area contributed by atoms with Crippen molar-refractivity contribution < 1.29 is 4.79 Å². The predicted octanol–water partition coefficient (Wildman–Crippen LogP) is 4.95. The van der Waals surface area contributed by atoms with E-state index in [9.17, 15) is 4.79 Å². The Hall–Kier alpha value is -1.51. The Morgan fingerprint density at radius 2 is 1.48 bits per heavy atom. The number of ketones is 1. The van der Waals surface area contributed by atoms with E-state index in [4.69, 9.17) is 11.5 Å². The molecule has 1 rings (SSSR count). The van der Waals surface area contributed by atoms with Gasteiger partial charge < -0.3 is 11.5 Å². The van der Waals surface area contributed by atoms with Crippen molar-refractivity contribution in [1.29, 1.82) is 0 Å². The molecule has 0 saturated heterocycles. The third-order valence-corrected chi connectivity index (χ3v) is 3.95. The highest BCUT2D eigenvalue weighted by atomic mass is 16.1. The van der Waals surface area contributed by atoms with Crippen molar-refractivity contribution in [1.82, 2.24) is 0 Å². The number of para-hydroxylation sites is 1. The fourth-order valence-corrected chi connectivity index (χ4v) is 2.56. The van der Waals surface area contributed by atoms with E-state index in [0.717, 1.165) is 12.8 Å². The smallest absolute Gasteiger partial charge is 0.165 e. The van der Waals surface area contributed by atoms with Gasteiger partial charge in [0.25, 0.3) is 0 Å². The standard InChI is InChI=1S/C18H30N2O/c1-2-3-4-5-6-7-8-9-10-14-17(21)15-12-11-13-16(19)18(15)20/h11-13H,2-10,14,19-20H2,1H3. The maximum Gasteiger partial charge on any atom is 0.165 e. The zero-order valence-electron chi connectivity index (χ0n) is 13.4. The van der Waals surface area contributed by atoms with Crippen molar-refractivity contribution in [3.05, 3.63) is 23.8 Å². The molecule has 0 atom stereocenters. The van der Waals surface area contributed by atoms with E-state index in [1.54, 1.807) is 18.2 Å². The molecular formula is C18H30N2O. The van der Waals surface area contributed by atoms with E-state index >= 15 is 0 Å². The normalized spacial score (nSPS) is 10.7. The summed E-state index contributed by atoms with van der Waals surface area (Å²) in [5, 5.41) is 0. The molecule has 0 aliphatic heterocycles. The van der Waals surface area contributed by atoms with Crippen LogP contribution < -0.4 is 11.5 Å². The topological polar surface area (TPSA) is 69.1 Å². The molecule has 0 heterocycles. The summed E-state index contributed by atoms with van der Waals surface area (Å²) < 4.78 is 0. The highest BCUT2D eigenvalue weighted by molar-refractivity contribution is 6.02. The summed E-state index contributed by atoms with van der Waals surface area (Å²) in [5.74, 6) is 0.114. The fraction of sp³-hybridized carbons (Fsp3) is 0.611. The van der Waals surface area contributed by atoms with Gasteiger partial charge in [0.15, 0.2) is 5.78 Å². The molecule has 0 spiro atoms. The molecule has 0 aromatic heterocycles. The van der Waals surface area contributed by atoms with Crippen LogP contribution in [0.15, 0.2) is 18.2 Å². The zero-order valence-corrected chi connectivity index (χ0v) is 13.4. The third kappa shape index (κ3) is 6.65. The summed E-state index contributed by atoms with van der Waals surface area (Å²) in [4.78, 5) is 12.1. The second-order valence-electron chi connectivity index (χ2n) is 5.81. The number of benzene rings is 1. The molecule has 3 heteroatoms. The maximum atomic E-state index is 12.1. The number of carbonyl (C=O) groups is 1. The number of Topliss-reactive ketones (excluding diaryl/α,β-unsaturated/α-hetero) is 1. The Morgan fingerprint density at radius 3 is 2.10 bits per heavy atom. The minimum Gasteiger partial charge on any atom is -0.397 e. The highest BCUT2D eigenvalue weighted by Crippen LogP contribution is 2.21. The van der Waals surface area contributed by atoms with Crippen LogP contribution in [0.4, 0.5) is 11.4 Å². The van der Waals surface area contributed by atoms with E-state index in [0.29, 0.717) is 23.4 Å². The molecule has 1 aromatic rings. The van der Waals surface area contributed by atoms with Gasteiger partial charge in [-0.2, -0.15) is 0 Å². The van der Waals surface area contributed by atoms with E-state index in [2.05, 4.69) is 6.92 Å². The van der Waals surface area contributed by atoms with Crippen LogP contribution in [0.5, 0.6) is 0 Å². The van der Waals surface area contributed by atoms with Crippen molar-refractivity contribution >= 4 is 17.2 Å². The van der Waals surface area contributed by atoms with Gasteiger partial charge in [-0.3, -0.25) is 4.79 Å². The summed E-state index contributed by atoms with van der Waals surface area (Å²) >= 11 is 0. The van der Waals surface area contributed by atoms with Crippen LogP contribution in [-0.2, 0) is 0 Å². The summed E-state index contributed by atoms with van der Waals surface area (Å²) in [5.41, 5.74) is 13.1. The van der Waals surface area contributed by atoms with Gasteiger partial charge in [0, 0.05) is 12.0 Å². The summed E-state index contributed by atoms with van der Waals surface area (Å²) in [7, 11) is 0. The van der Waals surface area contributed by atoms with Gasteiger partial charge in [0.2, 0.25) is 0 Å². The summed E-state index contributed by atoms with van der Waals surface area (Å²) in [6.07, 6.45) is 11.9. The van der Waals surface area contributed by atoms with E-state index in [1.165, 1.54) is 44.9 Å². The van der Waals surface area contributed by atoms with E-state index in [-0.39, 0.29) is 5.78 Å². The Morgan fingerprint density at radius 1 is 0.905 bits per heavy atom. The molecule has 0 saturated carbocycles. The molecule has 0 aliphatic carbocycles. The number of rotatable bonds is 11. The Bertz CT molecular complexity index is 429. The number of nitrogens with two attached hydrogens (primary N) is 2. The third-order valence-electron chi connectivity index (χ3n) is 3.95. The second-order valence-corrected chi connectivity index (χ2v) is 5.81. The first kappa shape index (κ1) is 17.5. The van der Waals surface area contributed by atoms with Crippen molar-refractivity contribution in [2.45, 2.75) is 71.1 Å². The van der Waals surface area contributed by atoms with Gasteiger partial charge in [-0.25, -0.2) is 0 Å². The minimum atomic E-state index is 0.114. The first-order valence-corrected chi connectivity index (χ1v) is 8.34.